The monoisotopic (exact) mass is 753 g/mol. The number of carbonyl (C=O) groups is 5. The molecular weight excluding hydrogens is 708 g/mol. The number of rotatable bonds is 5. The Morgan fingerprint density at radius 3 is 2.52 bits per heavy atom. The summed E-state index contributed by atoms with van der Waals surface area (Å²) in [7, 11) is -4.04. The largest absolute Gasteiger partial charge is 1.00 e. The maximum atomic E-state index is 14.4. The number of fused-ring (bicyclic) bond motifs is 3. The average Bonchev–Trinajstić information content (AvgIpc) is 3.93. The van der Waals surface area contributed by atoms with Crippen LogP contribution in [0.4, 0.5) is 14.0 Å². The molecule has 0 spiro atoms. The van der Waals surface area contributed by atoms with Crippen molar-refractivity contribution in [3.8, 4) is 0 Å². The summed E-state index contributed by atoms with van der Waals surface area (Å²) in [5.41, 5.74) is -1.42. The molecule has 5 amide bonds. The quantitative estimate of drug-likeness (QED) is 0.327. The number of hydrogen-bond acceptors (Lipinski definition) is 9. The summed E-state index contributed by atoms with van der Waals surface area (Å²) in [5.74, 6) is -3.25. The number of amides is 5. The Labute approximate surface area is 325 Å². The van der Waals surface area contributed by atoms with Crippen LogP contribution >= 0.6 is 0 Å². The van der Waals surface area contributed by atoms with Gasteiger partial charge in [0, 0.05) is 29.7 Å². The molecule has 2 N–H and O–H groups in total. The van der Waals surface area contributed by atoms with Crippen molar-refractivity contribution in [1.29, 1.82) is 0 Å². The second kappa shape index (κ2) is 15.6. The SMILES string of the molecule is CC(C)(C)OC(=O)NC1CCCCCC=CC2CC2(C(=O)[N-]S(=O)(=O)C2CC2)NC(=O)C2CC(OC(=O)N3Cc4cccc(F)c4C3)CN2C1=O.[Na+]. The van der Waals surface area contributed by atoms with Gasteiger partial charge in [-0.2, -0.15) is 0 Å². The van der Waals surface area contributed by atoms with Crippen molar-refractivity contribution < 1.29 is 75.8 Å². The van der Waals surface area contributed by atoms with Crippen LogP contribution in [0.3, 0.4) is 0 Å². The normalized spacial score (nSPS) is 27.8. The molecule has 14 nitrogen and oxygen atoms in total. The summed E-state index contributed by atoms with van der Waals surface area (Å²) < 4.78 is 54.6. The van der Waals surface area contributed by atoms with Crippen molar-refractivity contribution in [3.63, 3.8) is 0 Å². The van der Waals surface area contributed by atoms with Gasteiger partial charge in [-0.05, 0) is 70.9 Å². The number of nitrogens with one attached hydrogen (secondary N) is 2. The van der Waals surface area contributed by atoms with E-state index in [-0.39, 0.29) is 68.5 Å². The van der Waals surface area contributed by atoms with Crippen LogP contribution in [0.15, 0.2) is 30.4 Å². The Bertz CT molecular complexity index is 1730. The topological polar surface area (TPSA) is 183 Å². The summed E-state index contributed by atoms with van der Waals surface area (Å²) in [6, 6.07) is 2.27. The number of hydrogen-bond donors (Lipinski definition) is 2. The Morgan fingerprint density at radius 2 is 1.83 bits per heavy atom. The van der Waals surface area contributed by atoms with Gasteiger partial charge in [0.2, 0.25) is 11.8 Å². The Balaban J connectivity index is 0.00000523. The molecule has 0 aromatic heterocycles. The number of benzene rings is 1. The molecule has 17 heteroatoms. The number of sulfonamides is 1. The summed E-state index contributed by atoms with van der Waals surface area (Å²) in [5, 5.41) is 4.70. The molecule has 5 unspecified atom stereocenters. The predicted molar refractivity (Wildman–Crippen MR) is 181 cm³/mol. The first-order valence-corrected chi connectivity index (χ1v) is 19.1. The van der Waals surface area contributed by atoms with Gasteiger partial charge in [-0.25, -0.2) is 22.4 Å². The van der Waals surface area contributed by atoms with Gasteiger partial charge in [0.05, 0.1) is 34.6 Å². The van der Waals surface area contributed by atoms with E-state index < -0.39 is 86.2 Å². The first-order chi connectivity index (χ1) is 24.1. The van der Waals surface area contributed by atoms with E-state index in [1.807, 2.05) is 6.08 Å². The van der Waals surface area contributed by atoms with Gasteiger partial charge >= 0.3 is 41.7 Å². The molecule has 1 aromatic rings. The summed E-state index contributed by atoms with van der Waals surface area (Å²) >= 11 is 0. The van der Waals surface area contributed by atoms with E-state index in [1.165, 1.54) is 15.9 Å². The number of alkyl carbamates (subject to hydrolysis) is 1. The molecule has 2 saturated carbocycles. The van der Waals surface area contributed by atoms with E-state index in [0.717, 1.165) is 6.42 Å². The molecule has 0 bridgehead atoms. The zero-order chi connectivity index (χ0) is 36.7. The molecule has 5 atom stereocenters. The molecule has 6 rings (SSSR count). The third kappa shape index (κ3) is 9.11. The van der Waals surface area contributed by atoms with Crippen molar-refractivity contribution in [2.24, 2.45) is 5.92 Å². The first kappa shape index (κ1) is 40.0. The predicted octanol–water partition coefficient (Wildman–Crippen LogP) is 0.932. The number of carbonyl (C=O) groups excluding carboxylic acids is 5. The summed E-state index contributed by atoms with van der Waals surface area (Å²) in [6.07, 6.45) is 4.91. The molecule has 3 aliphatic heterocycles. The fourth-order valence-electron chi connectivity index (χ4n) is 6.96. The number of ether oxygens (including phenoxy) is 2. The van der Waals surface area contributed by atoms with Crippen LogP contribution in [0.2, 0.25) is 0 Å². The molecule has 2 aliphatic carbocycles. The van der Waals surface area contributed by atoms with Gasteiger partial charge in [0.1, 0.15) is 29.6 Å². The molecule has 1 aromatic carbocycles. The van der Waals surface area contributed by atoms with Gasteiger partial charge in [-0.1, -0.05) is 37.1 Å². The first-order valence-electron chi connectivity index (χ1n) is 17.6. The Hall–Kier alpha value is -3.21. The zero-order valence-electron chi connectivity index (χ0n) is 30.1. The maximum absolute atomic E-state index is 14.4. The van der Waals surface area contributed by atoms with Crippen molar-refractivity contribution >= 4 is 39.9 Å². The Morgan fingerprint density at radius 1 is 1.08 bits per heavy atom. The van der Waals surface area contributed by atoms with E-state index in [9.17, 15) is 36.8 Å². The number of nitrogens with zero attached hydrogens (tertiary/aromatic N) is 3. The van der Waals surface area contributed by atoms with Gasteiger partial charge in [0.25, 0.3) is 0 Å². The Kier molecular flexibility index (Phi) is 12.0. The van der Waals surface area contributed by atoms with E-state index in [1.54, 1.807) is 39.0 Å². The number of allylic oxidation sites excluding steroid dienone is 1. The summed E-state index contributed by atoms with van der Waals surface area (Å²) in [6.45, 7) is 4.99. The van der Waals surface area contributed by atoms with Gasteiger partial charge in [-0.15, -0.1) is 0 Å². The van der Waals surface area contributed by atoms with Crippen LogP contribution in [0.1, 0.15) is 89.7 Å². The minimum Gasteiger partial charge on any atom is -0.544 e. The fourth-order valence-corrected chi connectivity index (χ4v) is 8.24. The maximum Gasteiger partial charge on any atom is 1.00 e. The van der Waals surface area contributed by atoms with Crippen LogP contribution < -0.4 is 40.2 Å². The third-order valence-corrected chi connectivity index (χ3v) is 11.7. The van der Waals surface area contributed by atoms with Crippen LogP contribution in [0.25, 0.3) is 4.72 Å². The van der Waals surface area contributed by atoms with Crippen molar-refractivity contribution in [2.45, 2.75) is 126 Å². The second-order valence-corrected chi connectivity index (χ2v) is 17.0. The van der Waals surface area contributed by atoms with E-state index >= 15 is 0 Å². The van der Waals surface area contributed by atoms with E-state index in [4.69, 9.17) is 9.47 Å². The second-order valence-electron chi connectivity index (χ2n) is 15.1. The molecule has 0 radical (unpaired) electrons. The van der Waals surface area contributed by atoms with Crippen LogP contribution in [-0.4, -0.2) is 89.2 Å². The van der Waals surface area contributed by atoms with Crippen molar-refractivity contribution in [1.82, 2.24) is 20.4 Å². The van der Waals surface area contributed by atoms with E-state index in [2.05, 4.69) is 15.4 Å². The van der Waals surface area contributed by atoms with Crippen LogP contribution in [-0.2, 0) is 47.0 Å². The minimum atomic E-state index is -4.04. The van der Waals surface area contributed by atoms with Crippen molar-refractivity contribution in [3.05, 3.63) is 52.0 Å². The molecule has 52 heavy (non-hydrogen) atoms. The smallest absolute Gasteiger partial charge is 0.544 e. The fraction of sp³-hybridized carbons (Fsp3) is 0.629. The van der Waals surface area contributed by atoms with Crippen molar-refractivity contribution in [2.75, 3.05) is 6.54 Å². The molecular formula is C35H45FN5NaO9S. The van der Waals surface area contributed by atoms with Gasteiger partial charge in [-0.3, -0.25) is 14.5 Å². The molecule has 5 aliphatic rings. The minimum absolute atomic E-state index is 0. The molecule has 278 valence electrons. The third-order valence-electron chi connectivity index (χ3n) is 9.92. The number of halogens is 1. The summed E-state index contributed by atoms with van der Waals surface area (Å²) in [4.78, 5) is 70.7. The van der Waals surface area contributed by atoms with Gasteiger partial charge < -0.3 is 34.5 Å². The molecule has 3 heterocycles. The molecule has 1 saturated heterocycles. The average molecular weight is 754 g/mol. The zero-order valence-corrected chi connectivity index (χ0v) is 32.9. The van der Waals surface area contributed by atoms with Crippen LogP contribution in [0.5, 0.6) is 0 Å². The van der Waals surface area contributed by atoms with Crippen LogP contribution in [0, 0.1) is 11.7 Å². The van der Waals surface area contributed by atoms with E-state index in [0.29, 0.717) is 43.2 Å². The molecule has 3 fully saturated rings. The standard InChI is InChI=1S/C35H46FN5O9S.Na/c1-34(2,3)50-32(45)37-27-13-8-6-4-5-7-11-22-17-35(22,31(44)39-51(47,48)24-14-15-24)38-29(42)28-16-23(19-41(28)30(27)43)49-33(46)40-18-21-10-9-12-26(36)25(21)20-40;/h7,9-12,22-24,27-28H,4-6,8,13-20H2,1-3H3,(H3,37,38,39,42,44,45);/q;+1/p-1. The van der Waals surface area contributed by atoms with Gasteiger partial charge in [0.15, 0.2) is 0 Å².